The summed E-state index contributed by atoms with van der Waals surface area (Å²) >= 11 is 0. The van der Waals surface area contributed by atoms with Gasteiger partial charge in [0.2, 0.25) is 5.91 Å². The minimum Gasteiger partial charge on any atom is -0.374 e. The topological polar surface area (TPSA) is 58.4 Å². The van der Waals surface area contributed by atoms with E-state index < -0.39 is 0 Å². The number of benzene rings is 2. The molecule has 4 nitrogen and oxygen atoms in total. The van der Waals surface area contributed by atoms with Gasteiger partial charge in [0.05, 0.1) is 0 Å². The summed E-state index contributed by atoms with van der Waals surface area (Å²) in [7, 11) is 1.98. The summed E-state index contributed by atoms with van der Waals surface area (Å²) in [5, 5.41) is 2.90. The zero-order valence-electron chi connectivity index (χ0n) is 12.3. The van der Waals surface area contributed by atoms with Gasteiger partial charge in [-0.3, -0.25) is 4.79 Å². The van der Waals surface area contributed by atoms with Crippen LogP contribution in [0.2, 0.25) is 0 Å². The van der Waals surface area contributed by atoms with Crippen LogP contribution in [0.15, 0.2) is 54.6 Å². The fraction of sp³-hybridized carbons (Fsp3) is 0.235. The van der Waals surface area contributed by atoms with E-state index in [1.165, 1.54) is 0 Å². The third-order valence-electron chi connectivity index (χ3n) is 3.32. The molecule has 0 saturated heterocycles. The Hall–Kier alpha value is -2.33. The molecule has 0 aliphatic heterocycles. The number of nitrogens with zero attached hydrogens (tertiary/aromatic N) is 1. The van der Waals surface area contributed by atoms with E-state index >= 15 is 0 Å². The molecular weight excluding hydrogens is 262 g/mol. The molecule has 4 heteroatoms. The van der Waals surface area contributed by atoms with Gasteiger partial charge in [0, 0.05) is 37.9 Å². The van der Waals surface area contributed by atoms with Crippen molar-refractivity contribution >= 4 is 17.3 Å². The van der Waals surface area contributed by atoms with E-state index in [0.717, 1.165) is 16.9 Å². The van der Waals surface area contributed by atoms with Crippen LogP contribution < -0.4 is 16.0 Å². The molecule has 1 amide bonds. The van der Waals surface area contributed by atoms with Gasteiger partial charge in [-0.1, -0.05) is 30.3 Å². The molecule has 2 aromatic rings. The van der Waals surface area contributed by atoms with Crippen molar-refractivity contribution in [2.75, 3.05) is 23.8 Å². The maximum absolute atomic E-state index is 12.0. The summed E-state index contributed by atoms with van der Waals surface area (Å²) in [6.07, 6.45) is 0.443. The molecule has 0 unspecified atom stereocenters. The van der Waals surface area contributed by atoms with Crippen LogP contribution in [0, 0.1) is 0 Å². The first-order valence-electron chi connectivity index (χ1n) is 7.04. The average molecular weight is 283 g/mol. The van der Waals surface area contributed by atoms with Crippen molar-refractivity contribution in [3.63, 3.8) is 0 Å². The molecule has 0 saturated carbocycles. The number of hydrogen-bond acceptors (Lipinski definition) is 3. The fourth-order valence-electron chi connectivity index (χ4n) is 2.08. The summed E-state index contributed by atoms with van der Waals surface area (Å²) in [6.45, 7) is 1.15. The second kappa shape index (κ2) is 7.45. The number of anilines is 2. The molecule has 0 aliphatic rings. The number of hydrogen-bond donors (Lipinski definition) is 2. The van der Waals surface area contributed by atoms with Gasteiger partial charge in [0.1, 0.15) is 0 Å². The van der Waals surface area contributed by atoms with Gasteiger partial charge >= 0.3 is 0 Å². The van der Waals surface area contributed by atoms with E-state index in [2.05, 4.69) is 10.2 Å². The minimum absolute atomic E-state index is 0.00644. The molecule has 2 rings (SSSR count). The second-order valence-corrected chi connectivity index (χ2v) is 4.96. The normalized spacial score (nSPS) is 10.2. The first-order valence-corrected chi connectivity index (χ1v) is 7.04. The molecule has 0 aromatic heterocycles. The Kier molecular flexibility index (Phi) is 5.35. The Balaban J connectivity index is 1.84. The molecule has 0 atom stereocenters. The lowest BCUT2D eigenvalue weighted by atomic mass is 10.2. The molecular formula is C17H21N3O. The molecule has 0 bridgehead atoms. The first kappa shape index (κ1) is 15.1. The Labute approximate surface area is 125 Å². The number of amides is 1. The highest BCUT2D eigenvalue weighted by atomic mass is 16.1. The summed E-state index contributed by atoms with van der Waals surface area (Å²) in [5.74, 6) is 0.00644. The summed E-state index contributed by atoms with van der Waals surface area (Å²) in [4.78, 5) is 14.0. The first-order chi connectivity index (χ1) is 10.2. The van der Waals surface area contributed by atoms with Crippen LogP contribution in [0.1, 0.15) is 12.0 Å². The Morgan fingerprint density at radius 2 is 1.90 bits per heavy atom. The molecule has 110 valence electrons. The van der Waals surface area contributed by atoms with Crippen LogP contribution in [-0.2, 0) is 11.3 Å². The predicted octanol–water partition coefficient (Wildman–Crippen LogP) is 2.61. The molecule has 0 heterocycles. The van der Waals surface area contributed by atoms with Crippen LogP contribution in [0.4, 0.5) is 11.4 Å². The van der Waals surface area contributed by atoms with E-state index in [1.54, 1.807) is 0 Å². The van der Waals surface area contributed by atoms with Crippen LogP contribution in [0.3, 0.4) is 0 Å². The van der Waals surface area contributed by atoms with E-state index in [4.69, 9.17) is 5.73 Å². The number of nitrogens with two attached hydrogens (primary N) is 1. The third kappa shape index (κ3) is 4.61. The largest absolute Gasteiger partial charge is 0.374 e. The summed E-state index contributed by atoms with van der Waals surface area (Å²) in [5.41, 5.74) is 8.50. The van der Waals surface area contributed by atoms with Crippen molar-refractivity contribution in [3.05, 3.63) is 60.2 Å². The SMILES string of the molecule is CN(CCC(=O)Nc1cccc(CN)c1)c1ccccc1. The standard InChI is InChI=1S/C17H21N3O/c1-20(16-8-3-2-4-9-16)11-10-17(21)19-15-7-5-6-14(12-15)13-18/h2-9,12H,10-11,13,18H2,1H3,(H,19,21). The zero-order chi connectivity index (χ0) is 15.1. The predicted molar refractivity (Wildman–Crippen MR) is 87.3 cm³/mol. The number of nitrogens with one attached hydrogen (secondary N) is 1. The van der Waals surface area contributed by atoms with Gasteiger partial charge in [-0.15, -0.1) is 0 Å². The smallest absolute Gasteiger partial charge is 0.226 e. The molecule has 0 spiro atoms. The molecule has 2 aromatic carbocycles. The van der Waals surface area contributed by atoms with Gasteiger partial charge in [-0.2, -0.15) is 0 Å². The molecule has 0 aliphatic carbocycles. The lowest BCUT2D eigenvalue weighted by Gasteiger charge is -2.18. The van der Waals surface area contributed by atoms with Gasteiger partial charge < -0.3 is 16.0 Å². The van der Waals surface area contributed by atoms with Crippen LogP contribution in [0.5, 0.6) is 0 Å². The van der Waals surface area contributed by atoms with Crippen molar-refractivity contribution in [1.82, 2.24) is 0 Å². The lowest BCUT2D eigenvalue weighted by molar-refractivity contribution is -0.116. The minimum atomic E-state index is 0.00644. The number of para-hydroxylation sites is 1. The van der Waals surface area contributed by atoms with Gasteiger partial charge in [-0.05, 0) is 29.8 Å². The van der Waals surface area contributed by atoms with Crippen molar-refractivity contribution in [2.24, 2.45) is 5.73 Å². The third-order valence-corrected chi connectivity index (χ3v) is 3.32. The van der Waals surface area contributed by atoms with Gasteiger partial charge in [-0.25, -0.2) is 0 Å². The summed E-state index contributed by atoms with van der Waals surface area (Å²) in [6, 6.07) is 17.6. The van der Waals surface area contributed by atoms with Crippen molar-refractivity contribution < 1.29 is 4.79 Å². The average Bonchev–Trinajstić information content (AvgIpc) is 2.53. The van der Waals surface area contributed by atoms with E-state index in [-0.39, 0.29) is 5.91 Å². The highest BCUT2D eigenvalue weighted by Gasteiger charge is 2.06. The molecule has 0 fully saturated rings. The lowest BCUT2D eigenvalue weighted by Crippen LogP contribution is -2.23. The highest BCUT2D eigenvalue weighted by molar-refractivity contribution is 5.91. The Morgan fingerprint density at radius 1 is 1.14 bits per heavy atom. The number of carbonyl (C=O) groups is 1. The van der Waals surface area contributed by atoms with Gasteiger partial charge in [0.15, 0.2) is 0 Å². The second-order valence-electron chi connectivity index (χ2n) is 4.96. The zero-order valence-corrected chi connectivity index (χ0v) is 12.3. The van der Waals surface area contributed by atoms with E-state index in [0.29, 0.717) is 19.5 Å². The molecule has 0 radical (unpaired) electrons. The monoisotopic (exact) mass is 283 g/mol. The van der Waals surface area contributed by atoms with Crippen LogP contribution in [-0.4, -0.2) is 19.5 Å². The Bertz CT molecular complexity index is 584. The van der Waals surface area contributed by atoms with Crippen molar-refractivity contribution in [1.29, 1.82) is 0 Å². The Morgan fingerprint density at radius 3 is 2.62 bits per heavy atom. The summed E-state index contributed by atoms with van der Waals surface area (Å²) < 4.78 is 0. The maximum atomic E-state index is 12.0. The van der Waals surface area contributed by atoms with E-state index in [9.17, 15) is 4.79 Å². The molecule has 21 heavy (non-hydrogen) atoms. The van der Waals surface area contributed by atoms with Crippen LogP contribution in [0.25, 0.3) is 0 Å². The van der Waals surface area contributed by atoms with Crippen LogP contribution >= 0.6 is 0 Å². The van der Waals surface area contributed by atoms with Crippen molar-refractivity contribution in [2.45, 2.75) is 13.0 Å². The quantitative estimate of drug-likeness (QED) is 0.856. The van der Waals surface area contributed by atoms with Crippen molar-refractivity contribution in [3.8, 4) is 0 Å². The number of rotatable bonds is 6. The van der Waals surface area contributed by atoms with E-state index in [1.807, 2.05) is 61.6 Å². The number of carbonyl (C=O) groups excluding carboxylic acids is 1. The maximum Gasteiger partial charge on any atom is 0.226 e. The fourth-order valence-corrected chi connectivity index (χ4v) is 2.08. The molecule has 3 N–H and O–H groups in total. The highest BCUT2D eigenvalue weighted by Crippen LogP contribution is 2.13. The van der Waals surface area contributed by atoms with Gasteiger partial charge in [0.25, 0.3) is 0 Å².